The molecule has 0 saturated heterocycles. The molecule has 2 aromatic heterocycles. The van der Waals surface area contributed by atoms with E-state index in [1.165, 1.54) is 18.2 Å². The van der Waals surface area contributed by atoms with Crippen molar-refractivity contribution in [2.75, 3.05) is 19.6 Å². The monoisotopic (exact) mass is 386 g/mol. The molecule has 0 fully saturated rings. The molecule has 0 unspecified atom stereocenters. The molecule has 0 atom stereocenters. The third-order valence-electron chi connectivity index (χ3n) is 4.38. The maximum absolute atomic E-state index is 11.5. The lowest BCUT2D eigenvalue weighted by atomic mass is 10.0. The first kappa shape index (κ1) is 19.2. The van der Waals surface area contributed by atoms with Gasteiger partial charge < -0.3 is 9.47 Å². The largest absolute Gasteiger partial charge is 0.480 e. The van der Waals surface area contributed by atoms with Crippen LogP contribution in [-0.4, -0.2) is 35.2 Å². The summed E-state index contributed by atoms with van der Waals surface area (Å²) in [6, 6.07) is 14.2. The van der Waals surface area contributed by atoms with Gasteiger partial charge in [-0.3, -0.25) is 0 Å². The van der Waals surface area contributed by atoms with Crippen LogP contribution in [0.25, 0.3) is 5.52 Å². The molecule has 0 spiro atoms. The lowest BCUT2D eigenvalue weighted by Crippen LogP contribution is -2.13. The molecule has 0 aliphatic rings. The smallest absolute Gasteiger partial charge is 0.343 e. The van der Waals surface area contributed by atoms with Crippen molar-refractivity contribution in [1.82, 2.24) is 9.61 Å². The molecule has 1 aromatic carbocycles. The SMILES string of the molecule is COC(=O)COc1cc(C)nn2c(Cc3ccccc3)c(CCCCl)cc12. The highest BCUT2D eigenvalue weighted by molar-refractivity contribution is 6.17. The number of fused-ring (bicyclic) bond motifs is 1. The first-order chi connectivity index (χ1) is 13.1. The molecule has 6 heteroatoms. The zero-order valence-corrected chi connectivity index (χ0v) is 16.3. The Hall–Kier alpha value is -2.53. The standard InChI is InChI=1S/C21H23ClN2O3/c1-15-11-20(27-14-21(25)26-2)19-13-17(9-6-10-22)18(24(19)23-15)12-16-7-4-3-5-8-16/h3-5,7-8,11,13H,6,9-10,12,14H2,1-2H3. The highest BCUT2D eigenvalue weighted by Gasteiger charge is 2.16. The van der Waals surface area contributed by atoms with E-state index < -0.39 is 5.97 Å². The molecule has 27 heavy (non-hydrogen) atoms. The van der Waals surface area contributed by atoms with Gasteiger partial charge in [-0.1, -0.05) is 30.3 Å². The van der Waals surface area contributed by atoms with Crippen molar-refractivity contribution in [2.45, 2.75) is 26.2 Å². The van der Waals surface area contributed by atoms with Crippen LogP contribution in [0, 0.1) is 6.92 Å². The summed E-state index contributed by atoms with van der Waals surface area (Å²) in [5.41, 5.74) is 5.19. The summed E-state index contributed by atoms with van der Waals surface area (Å²) in [5, 5.41) is 4.70. The summed E-state index contributed by atoms with van der Waals surface area (Å²) in [4.78, 5) is 11.5. The predicted octanol–water partition coefficient (Wildman–Crippen LogP) is 3.96. The van der Waals surface area contributed by atoms with E-state index in [1.54, 1.807) is 0 Å². The van der Waals surface area contributed by atoms with Crippen molar-refractivity contribution in [3.05, 3.63) is 65.0 Å². The van der Waals surface area contributed by atoms with E-state index in [0.717, 1.165) is 36.2 Å². The van der Waals surface area contributed by atoms with Gasteiger partial charge in [0.2, 0.25) is 0 Å². The molecule has 2 heterocycles. The Labute approximate surface area is 163 Å². The summed E-state index contributed by atoms with van der Waals surface area (Å²) in [6.07, 6.45) is 2.52. The number of alkyl halides is 1. The number of nitrogens with zero attached hydrogens (tertiary/aromatic N) is 2. The van der Waals surface area contributed by atoms with Gasteiger partial charge in [-0.05, 0) is 37.0 Å². The first-order valence-corrected chi connectivity index (χ1v) is 9.46. The van der Waals surface area contributed by atoms with Gasteiger partial charge in [0.1, 0.15) is 11.3 Å². The Balaban J connectivity index is 2.05. The molecular weight excluding hydrogens is 364 g/mol. The van der Waals surface area contributed by atoms with E-state index in [4.69, 9.17) is 21.4 Å². The van der Waals surface area contributed by atoms with Gasteiger partial charge >= 0.3 is 5.97 Å². The number of carbonyl (C=O) groups is 1. The van der Waals surface area contributed by atoms with Crippen LogP contribution in [0.15, 0.2) is 42.5 Å². The highest BCUT2D eigenvalue weighted by atomic mass is 35.5. The van der Waals surface area contributed by atoms with Crippen LogP contribution in [0.5, 0.6) is 5.75 Å². The number of rotatable bonds is 8. The van der Waals surface area contributed by atoms with Crippen LogP contribution < -0.4 is 4.74 Å². The number of hydrogen-bond donors (Lipinski definition) is 0. The molecule has 0 aliphatic carbocycles. The minimum atomic E-state index is -0.416. The second-order valence-corrected chi connectivity index (χ2v) is 6.76. The second-order valence-electron chi connectivity index (χ2n) is 6.38. The minimum absolute atomic E-state index is 0.133. The Kier molecular flexibility index (Phi) is 6.35. The Morgan fingerprint density at radius 1 is 1.22 bits per heavy atom. The second kappa shape index (κ2) is 8.91. The molecule has 3 aromatic rings. The number of carbonyl (C=O) groups excluding carboxylic acids is 1. The van der Waals surface area contributed by atoms with Crippen molar-refractivity contribution < 1.29 is 14.3 Å². The lowest BCUT2D eigenvalue weighted by Gasteiger charge is -2.10. The first-order valence-electron chi connectivity index (χ1n) is 8.93. The average Bonchev–Trinajstić information content (AvgIpc) is 3.02. The van der Waals surface area contributed by atoms with E-state index in [1.807, 2.05) is 35.7 Å². The molecule has 142 valence electrons. The quantitative estimate of drug-likeness (QED) is 0.434. The van der Waals surface area contributed by atoms with Crippen molar-refractivity contribution in [3.8, 4) is 5.75 Å². The summed E-state index contributed by atoms with van der Waals surface area (Å²) in [5.74, 6) is 0.815. The molecule has 0 amide bonds. The van der Waals surface area contributed by atoms with Gasteiger partial charge in [0.15, 0.2) is 6.61 Å². The number of aryl methyl sites for hydroxylation is 2. The number of halogens is 1. The Morgan fingerprint density at radius 2 is 2.00 bits per heavy atom. The maximum Gasteiger partial charge on any atom is 0.343 e. The zero-order chi connectivity index (χ0) is 19.2. The van der Waals surface area contributed by atoms with Crippen LogP contribution in [0.3, 0.4) is 0 Å². The van der Waals surface area contributed by atoms with Gasteiger partial charge in [-0.25, -0.2) is 9.31 Å². The maximum atomic E-state index is 11.5. The highest BCUT2D eigenvalue weighted by Crippen LogP contribution is 2.28. The van der Waals surface area contributed by atoms with E-state index in [-0.39, 0.29) is 6.61 Å². The molecule has 0 aliphatic heterocycles. The Bertz CT molecular complexity index is 922. The van der Waals surface area contributed by atoms with Gasteiger partial charge in [-0.2, -0.15) is 5.10 Å². The fraction of sp³-hybridized carbons (Fsp3) is 0.333. The van der Waals surface area contributed by atoms with E-state index in [9.17, 15) is 4.79 Å². The Morgan fingerprint density at radius 3 is 2.70 bits per heavy atom. The molecule has 0 N–H and O–H groups in total. The van der Waals surface area contributed by atoms with Crippen molar-refractivity contribution in [3.63, 3.8) is 0 Å². The van der Waals surface area contributed by atoms with Crippen LogP contribution in [-0.2, 0) is 22.4 Å². The van der Waals surface area contributed by atoms with Gasteiger partial charge in [0.25, 0.3) is 0 Å². The predicted molar refractivity (Wildman–Crippen MR) is 106 cm³/mol. The number of aromatic nitrogens is 2. The van der Waals surface area contributed by atoms with Crippen molar-refractivity contribution in [1.29, 1.82) is 0 Å². The van der Waals surface area contributed by atoms with E-state index in [0.29, 0.717) is 11.6 Å². The molecule has 0 radical (unpaired) electrons. The number of benzene rings is 1. The number of methoxy groups -OCH3 is 1. The van der Waals surface area contributed by atoms with Gasteiger partial charge in [-0.15, -0.1) is 11.6 Å². The number of esters is 1. The molecule has 0 saturated carbocycles. The normalized spacial score (nSPS) is 10.9. The minimum Gasteiger partial charge on any atom is -0.480 e. The average molecular weight is 387 g/mol. The van der Waals surface area contributed by atoms with E-state index >= 15 is 0 Å². The van der Waals surface area contributed by atoms with Crippen molar-refractivity contribution in [2.24, 2.45) is 0 Å². The number of ether oxygens (including phenoxy) is 2. The summed E-state index contributed by atoms with van der Waals surface area (Å²) in [7, 11) is 1.35. The fourth-order valence-corrected chi connectivity index (χ4v) is 3.23. The van der Waals surface area contributed by atoms with Crippen molar-refractivity contribution >= 4 is 23.1 Å². The molecular formula is C21H23ClN2O3. The number of hydrogen-bond acceptors (Lipinski definition) is 4. The molecule has 5 nitrogen and oxygen atoms in total. The van der Waals surface area contributed by atoms with Gasteiger partial charge in [0.05, 0.1) is 18.5 Å². The molecule has 3 rings (SSSR count). The fourth-order valence-electron chi connectivity index (χ4n) is 3.09. The zero-order valence-electron chi connectivity index (χ0n) is 15.6. The molecule has 0 bridgehead atoms. The van der Waals surface area contributed by atoms with Crippen LogP contribution >= 0.6 is 11.6 Å². The summed E-state index contributed by atoms with van der Waals surface area (Å²) in [6.45, 7) is 1.78. The van der Waals surface area contributed by atoms with Crippen LogP contribution in [0.4, 0.5) is 0 Å². The van der Waals surface area contributed by atoms with Gasteiger partial charge in [0, 0.05) is 18.4 Å². The third kappa shape index (κ3) is 4.61. The topological polar surface area (TPSA) is 52.8 Å². The summed E-state index contributed by atoms with van der Waals surface area (Å²) < 4.78 is 12.3. The third-order valence-corrected chi connectivity index (χ3v) is 4.65. The summed E-state index contributed by atoms with van der Waals surface area (Å²) >= 11 is 5.92. The lowest BCUT2D eigenvalue weighted by molar-refractivity contribution is -0.142. The van der Waals surface area contributed by atoms with E-state index in [2.05, 4.69) is 22.9 Å². The van der Waals surface area contributed by atoms with Crippen LogP contribution in [0.2, 0.25) is 0 Å². The van der Waals surface area contributed by atoms with Crippen LogP contribution in [0.1, 0.15) is 28.9 Å².